The van der Waals surface area contributed by atoms with Crippen LogP contribution in [0.2, 0.25) is 0 Å². The second-order valence-corrected chi connectivity index (χ2v) is 6.33. The van der Waals surface area contributed by atoms with Gasteiger partial charge in [0.2, 0.25) is 0 Å². The number of aliphatic hydroxyl groups excluding tert-OH is 1. The van der Waals surface area contributed by atoms with E-state index in [1.807, 2.05) is 11.5 Å². The SMILES string of the molecule is N#C/C(C(=O)NOc1ccc(C(F)(F)F)cc1)=C(\O)c1cccc(Oc2ccccc2)c1. The predicted molar refractivity (Wildman–Crippen MR) is 108 cm³/mol. The minimum Gasteiger partial charge on any atom is -0.506 e. The molecule has 3 aromatic carbocycles. The molecule has 3 aromatic rings. The molecular formula is C23H15F3N2O4. The van der Waals surface area contributed by atoms with Crippen molar-refractivity contribution in [3.05, 3.63) is 95.6 Å². The van der Waals surface area contributed by atoms with E-state index < -0.39 is 29.0 Å². The third-order valence-corrected chi connectivity index (χ3v) is 4.11. The molecule has 0 atom stereocenters. The fraction of sp³-hybridized carbons (Fsp3) is 0.0435. The summed E-state index contributed by atoms with van der Waals surface area (Å²) in [6.07, 6.45) is -4.51. The van der Waals surface area contributed by atoms with Crippen LogP contribution in [-0.4, -0.2) is 11.0 Å². The number of nitriles is 1. The van der Waals surface area contributed by atoms with Crippen molar-refractivity contribution in [2.24, 2.45) is 0 Å². The summed E-state index contributed by atoms with van der Waals surface area (Å²) in [4.78, 5) is 17.2. The molecule has 0 aliphatic heterocycles. The van der Waals surface area contributed by atoms with Gasteiger partial charge in [-0.15, -0.1) is 0 Å². The van der Waals surface area contributed by atoms with Gasteiger partial charge < -0.3 is 14.7 Å². The van der Waals surface area contributed by atoms with Gasteiger partial charge >= 0.3 is 6.18 Å². The Morgan fingerprint density at radius 3 is 2.19 bits per heavy atom. The lowest BCUT2D eigenvalue weighted by molar-refractivity contribution is -0.137. The molecule has 0 bridgehead atoms. The van der Waals surface area contributed by atoms with Crippen molar-refractivity contribution in [1.82, 2.24) is 5.48 Å². The molecule has 3 rings (SSSR count). The van der Waals surface area contributed by atoms with Gasteiger partial charge in [-0.1, -0.05) is 30.3 Å². The number of hydrogen-bond acceptors (Lipinski definition) is 5. The van der Waals surface area contributed by atoms with Gasteiger partial charge in [-0.3, -0.25) is 4.79 Å². The molecule has 32 heavy (non-hydrogen) atoms. The molecular weight excluding hydrogens is 425 g/mol. The average Bonchev–Trinajstić information content (AvgIpc) is 2.78. The number of hydrogen-bond donors (Lipinski definition) is 2. The Balaban J connectivity index is 1.73. The van der Waals surface area contributed by atoms with Crippen LogP contribution in [0, 0.1) is 11.3 Å². The van der Waals surface area contributed by atoms with E-state index in [1.165, 1.54) is 12.1 Å². The van der Waals surface area contributed by atoms with Crippen LogP contribution in [0.15, 0.2) is 84.4 Å². The van der Waals surface area contributed by atoms with E-state index in [4.69, 9.17) is 9.57 Å². The molecule has 0 aliphatic rings. The summed E-state index contributed by atoms with van der Waals surface area (Å²) in [5.41, 5.74) is 0.516. The summed E-state index contributed by atoms with van der Waals surface area (Å²) < 4.78 is 43.4. The van der Waals surface area contributed by atoms with E-state index >= 15 is 0 Å². The number of carbonyl (C=O) groups excluding carboxylic acids is 1. The van der Waals surface area contributed by atoms with Gasteiger partial charge in [0, 0.05) is 5.56 Å². The number of halogens is 3. The van der Waals surface area contributed by atoms with Gasteiger partial charge in [0.1, 0.15) is 23.3 Å². The lowest BCUT2D eigenvalue weighted by atomic mass is 10.1. The second-order valence-electron chi connectivity index (χ2n) is 6.33. The lowest BCUT2D eigenvalue weighted by Gasteiger charge is -2.10. The summed E-state index contributed by atoms with van der Waals surface area (Å²) >= 11 is 0. The van der Waals surface area contributed by atoms with Gasteiger partial charge in [0.05, 0.1) is 5.56 Å². The number of nitrogens with zero attached hydrogens (tertiary/aromatic N) is 1. The van der Waals surface area contributed by atoms with Crippen LogP contribution in [0.25, 0.3) is 5.76 Å². The fourth-order valence-corrected chi connectivity index (χ4v) is 2.56. The summed E-state index contributed by atoms with van der Waals surface area (Å²) in [7, 11) is 0. The monoisotopic (exact) mass is 440 g/mol. The van der Waals surface area contributed by atoms with Crippen LogP contribution < -0.4 is 15.1 Å². The highest BCUT2D eigenvalue weighted by molar-refractivity contribution is 6.03. The summed E-state index contributed by atoms with van der Waals surface area (Å²) in [6.45, 7) is 0. The zero-order valence-electron chi connectivity index (χ0n) is 16.3. The van der Waals surface area contributed by atoms with Crippen molar-refractivity contribution >= 4 is 11.7 Å². The number of nitrogens with one attached hydrogen (secondary N) is 1. The third kappa shape index (κ3) is 5.58. The number of carbonyl (C=O) groups is 1. The number of ether oxygens (including phenoxy) is 1. The van der Waals surface area contributed by atoms with Gasteiger partial charge in [-0.05, 0) is 48.5 Å². The first kappa shape index (κ1) is 22.2. The highest BCUT2D eigenvalue weighted by Crippen LogP contribution is 2.30. The van der Waals surface area contributed by atoms with Crippen molar-refractivity contribution < 1.29 is 32.6 Å². The standard InChI is InChI=1S/C23H15F3N2O4/c24-23(25,26)16-9-11-18(12-10-16)32-28-22(30)20(14-27)21(29)15-5-4-8-19(13-15)31-17-6-2-1-3-7-17/h1-13,29H,(H,28,30)/b21-20+. The van der Waals surface area contributed by atoms with E-state index in [0.29, 0.717) is 11.5 Å². The van der Waals surface area contributed by atoms with Crippen LogP contribution in [0.1, 0.15) is 11.1 Å². The molecule has 0 fully saturated rings. The Hall–Kier alpha value is -4.45. The summed E-state index contributed by atoms with van der Waals surface area (Å²) in [5, 5.41) is 19.7. The Bertz CT molecular complexity index is 1170. The van der Waals surface area contributed by atoms with Crippen LogP contribution in [0.4, 0.5) is 13.2 Å². The number of rotatable bonds is 6. The first-order valence-corrected chi connectivity index (χ1v) is 9.09. The van der Waals surface area contributed by atoms with Crippen molar-refractivity contribution in [3.8, 4) is 23.3 Å². The van der Waals surface area contributed by atoms with Crippen LogP contribution >= 0.6 is 0 Å². The maximum atomic E-state index is 12.6. The Morgan fingerprint density at radius 1 is 0.906 bits per heavy atom. The molecule has 9 heteroatoms. The van der Waals surface area contributed by atoms with E-state index in [1.54, 1.807) is 42.5 Å². The number of para-hydroxylation sites is 1. The fourth-order valence-electron chi connectivity index (χ4n) is 2.56. The molecule has 0 spiro atoms. The maximum absolute atomic E-state index is 12.6. The number of hydroxylamine groups is 1. The number of amides is 1. The number of aliphatic hydroxyl groups is 1. The van der Waals surface area contributed by atoms with E-state index in [0.717, 1.165) is 24.3 Å². The van der Waals surface area contributed by atoms with Crippen LogP contribution in [0.3, 0.4) is 0 Å². The van der Waals surface area contributed by atoms with Crippen molar-refractivity contribution in [2.45, 2.75) is 6.18 Å². The molecule has 6 nitrogen and oxygen atoms in total. The number of benzene rings is 3. The van der Waals surface area contributed by atoms with Gasteiger partial charge in [-0.25, -0.2) is 0 Å². The topological polar surface area (TPSA) is 91.6 Å². The second kappa shape index (κ2) is 9.57. The zero-order chi connectivity index (χ0) is 23.1. The molecule has 0 saturated carbocycles. The predicted octanol–water partition coefficient (Wildman–Crippen LogP) is 5.40. The molecule has 0 heterocycles. The summed E-state index contributed by atoms with van der Waals surface area (Å²) in [5.74, 6) is -0.893. The van der Waals surface area contributed by atoms with Gasteiger partial charge in [-0.2, -0.15) is 23.9 Å². The highest BCUT2D eigenvalue weighted by atomic mass is 19.4. The first-order valence-electron chi connectivity index (χ1n) is 9.09. The molecule has 0 aromatic heterocycles. The number of alkyl halides is 3. The van der Waals surface area contributed by atoms with Crippen LogP contribution in [-0.2, 0) is 11.0 Å². The van der Waals surface area contributed by atoms with Crippen molar-refractivity contribution in [2.75, 3.05) is 0 Å². The van der Waals surface area contributed by atoms with Gasteiger partial charge in [0.25, 0.3) is 5.91 Å². The quantitative estimate of drug-likeness (QED) is 0.232. The largest absolute Gasteiger partial charge is 0.506 e. The van der Waals surface area contributed by atoms with E-state index in [9.17, 15) is 28.3 Å². The minimum atomic E-state index is -4.51. The average molecular weight is 440 g/mol. The lowest BCUT2D eigenvalue weighted by Crippen LogP contribution is -2.28. The zero-order valence-corrected chi connectivity index (χ0v) is 16.3. The Labute approximate surface area is 180 Å². The molecule has 0 radical (unpaired) electrons. The molecule has 1 amide bonds. The normalized spacial score (nSPS) is 11.7. The van der Waals surface area contributed by atoms with E-state index in [-0.39, 0.29) is 11.3 Å². The molecule has 2 N–H and O–H groups in total. The smallest absolute Gasteiger partial charge is 0.416 e. The maximum Gasteiger partial charge on any atom is 0.416 e. The van der Waals surface area contributed by atoms with Crippen LogP contribution in [0.5, 0.6) is 17.2 Å². The Morgan fingerprint density at radius 2 is 1.56 bits per heavy atom. The first-order chi connectivity index (χ1) is 15.3. The van der Waals surface area contributed by atoms with E-state index in [2.05, 4.69) is 0 Å². The Kier molecular flexibility index (Phi) is 6.65. The minimum absolute atomic E-state index is 0.0959. The third-order valence-electron chi connectivity index (χ3n) is 4.11. The molecule has 0 aliphatic carbocycles. The molecule has 0 saturated heterocycles. The summed E-state index contributed by atoms with van der Waals surface area (Å²) in [6, 6.07) is 20.1. The molecule has 0 unspecified atom stereocenters. The van der Waals surface area contributed by atoms with Gasteiger partial charge in [0.15, 0.2) is 11.3 Å². The van der Waals surface area contributed by atoms with Crippen molar-refractivity contribution in [3.63, 3.8) is 0 Å². The molecule has 162 valence electrons. The van der Waals surface area contributed by atoms with Crippen molar-refractivity contribution in [1.29, 1.82) is 5.26 Å². The highest BCUT2D eigenvalue weighted by Gasteiger charge is 2.30.